The van der Waals surface area contributed by atoms with Crippen LogP contribution in [0.3, 0.4) is 0 Å². The van der Waals surface area contributed by atoms with Crippen molar-refractivity contribution in [3.05, 3.63) is 57.8 Å². The fraction of sp³-hybridized carbons (Fsp3) is 0.200. The van der Waals surface area contributed by atoms with Crippen LogP contribution in [-0.4, -0.2) is 23.1 Å². The highest BCUT2D eigenvalue weighted by Crippen LogP contribution is 2.26. The Labute approximate surface area is 132 Å². The molecule has 8 heteroatoms. The maximum Gasteiger partial charge on any atom is 0.411 e. The first-order valence-electron chi connectivity index (χ1n) is 6.68. The largest absolute Gasteiger partial charge is 0.481 e. The molecule has 0 aliphatic carbocycles. The first kappa shape index (κ1) is 16.2. The second-order valence-electron chi connectivity index (χ2n) is 4.59. The molecular formula is C15H15N3O5. The number of hydrogen-bond donors (Lipinski definition) is 1. The molecule has 0 bridgehead atoms. The second-order valence-corrected chi connectivity index (χ2v) is 4.59. The number of methoxy groups -OCH3 is 1. The van der Waals surface area contributed by atoms with Gasteiger partial charge in [-0.1, -0.05) is 12.1 Å². The molecule has 0 aliphatic rings. The van der Waals surface area contributed by atoms with Gasteiger partial charge in [0, 0.05) is 5.56 Å². The number of aromatic nitrogens is 1. The molecule has 0 aliphatic heterocycles. The predicted molar refractivity (Wildman–Crippen MR) is 82.4 cm³/mol. The first-order chi connectivity index (χ1) is 11.0. The van der Waals surface area contributed by atoms with E-state index >= 15 is 0 Å². The number of nitrogens with one attached hydrogen (secondary N) is 1. The summed E-state index contributed by atoms with van der Waals surface area (Å²) in [4.78, 5) is 25.4. The lowest BCUT2D eigenvalue weighted by atomic mass is 10.1. The van der Waals surface area contributed by atoms with Gasteiger partial charge in [0.1, 0.15) is 12.8 Å². The van der Waals surface area contributed by atoms with E-state index in [4.69, 9.17) is 4.74 Å². The van der Waals surface area contributed by atoms with E-state index in [-0.39, 0.29) is 18.2 Å². The maximum absolute atomic E-state index is 11.4. The van der Waals surface area contributed by atoms with E-state index in [1.807, 2.05) is 13.0 Å². The van der Waals surface area contributed by atoms with Gasteiger partial charge in [0.2, 0.25) is 5.75 Å². The molecule has 1 aromatic heterocycles. The van der Waals surface area contributed by atoms with Crippen LogP contribution in [0.25, 0.3) is 0 Å². The van der Waals surface area contributed by atoms with Crippen molar-refractivity contribution in [2.45, 2.75) is 13.5 Å². The van der Waals surface area contributed by atoms with E-state index in [0.717, 1.165) is 5.56 Å². The highest BCUT2D eigenvalue weighted by Gasteiger charge is 2.17. The van der Waals surface area contributed by atoms with Crippen LogP contribution in [0.15, 0.2) is 36.5 Å². The summed E-state index contributed by atoms with van der Waals surface area (Å²) in [5.74, 6) is -0.298. The number of nitro groups is 1. The van der Waals surface area contributed by atoms with Gasteiger partial charge in [-0.05, 0) is 40.6 Å². The van der Waals surface area contributed by atoms with E-state index in [9.17, 15) is 14.9 Å². The molecule has 0 atom stereocenters. The molecule has 1 N–H and O–H groups in total. The molecule has 0 saturated carbocycles. The van der Waals surface area contributed by atoms with Crippen molar-refractivity contribution < 1.29 is 19.2 Å². The van der Waals surface area contributed by atoms with Gasteiger partial charge < -0.3 is 19.6 Å². The van der Waals surface area contributed by atoms with E-state index in [1.54, 1.807) is 18.2 Å². The average Bonchev–Trinajstić information content (AvgIpc) is 2.54. The van der Waals surface area contributed by atoms with E-state index < -0.39 is 11.0 Å². The first-order valence-corrected chi connectivity index (χ1v) is 6.68. The Bertz CT molecular complexity index is 733. The normalized spacial score (nSPS) is 10.0. The lowest BCUT2D eigenvalue weighted by Gasteiger charge is -2.14. The third-order valence-corrected chi connectivity index (χ3v) is 3.13. The monoisotopic (exact) mass is 317 g/mol. The number of benzene rings is 1. The Morgan fingerprint density at radius 1 is 1.35 bits per heavy atom. The van der Waals surface area contributed by atoms with Crippen molar-refractivity contribution in [3.8, 4) is 5.75 Å². The standard InChI is InChI=1S/C15H15N3O5/c1-10-5-3-6-12(17-15(19)22-2)11(10)9-23-13-7-4-8-16-14(13)18(20)21/h3-8H,9H2,1-2H3,(H,17,19). The van der Waals surface area contributed by atoms with Crippen LogP contribution >= 0.6 is 0 Å². The number of amides is 1. The zero-order valence-electron chi connectivity index (χ0n) is 12.6. The Kier molecular flexibility index (Phi) is 5.08. The molecule has 0 spiro atoms. The number of carbonyl (C=O) groups is 1. The molecular weight excluding hydrogens is 302 g/mol. The number of anilines is 1. The van der Waals surface area contributed by atoms with Gasteiger partial charge in [-0.15, -0.1) is 0 Å². The van der Waals surface area contributed by atoms with Crippen molar-refractivity contribution in [1.29, 1.82) is 0 Å². The molecule has 23 heavy (non-hydrogen) atoms. The molecule has 0 radical (unpaired) electrons. The van der Waals surface area contributed by atoms with E-state index in [1.165, 1.54) is 19.4 Å². The summed E-state index contributed by atoms with van der Waals surface area (Å²) >= 11 is 0. The molecule has 120 valence electrons. The Morgan fingerprint density at radius 3 is 2.83 bits per heavy atom. The van der Waals surface area contributed by atoms with Gasteiger partial charge >= 0.3 is 11.9 Å². The van der Waals surface area contributed by atoms with Gasteiger partial charge in [-0.3, -0.25) is 5.32 Å². The van der Waals surface area contributed by atoms with Crippen molar-refractivity contribution in [2.75, 3.05) is 12.4 Å². The summed E-state index contributed by atoms with van der Waals surface area (Å²) in [6.45, 7) is 1.89. The second kappa shape index (κ2) is 7.21. The maximum atomic E-state index is 11.4. The third kappa shape index (κ3) is 3.94. The van der Waals surface area contributed by atoms with Crippen molar-refractivity contribution >= 4 is 17.6 Å². The van der Waals surface area contributed by atoms with Crippen LogP contribution in [0, 0.1) is 17.0 Å². The average molecular weight is 317 g/mol. The fourth-order valence-corrected chi connectivity index (χ4v) is 1.95. The van der Waals surface area contributed by atoms with Crippen LogP contribution < -0.4 is 10.1 Å². The van der Waals surface area contributed by atoms with Crippen molar-refractivity contribution in [2.24, 2.45) is 0 Å². The van der Waals surface area contributed by atoms with Crippen LogP contribution in [0.2, 0.25) is 0 Å². The molecule has 0 unspecified atom stereocenters. The fourth-order valence-electron chi connectivity index (χ4n) is 1.95. The molecule has 0 saturated heterocycles. The zero-order chi connectivity index (χ0) is 16.8. The number of aryl methyl sites for hydroxylation is 1. The van der Waals surface area contributed by atoms with Gasteiger partial charge in [0.05, 0.1) is 12.8 Å². The number of carbonyl (C=O) groups excluding carboxylic acids is 1. The van der Waals surface area contributed by atoms with Crippen LogP contribution in [0.1, 0.15) is 11.1 Å². The Hall–Kier alpha value is -3.16. The Balaban J connectivity index is 2.24. The summed E-state index contributed by atoms with van der Waals surface area (Å²) in [5, 5.41) is 13.5. The molecule has 1 amide bonds. The van der Waals surface area contributed by atoms with Crippen LogP contribution in [-0.2, 0) is 11.3 Å². The summed E-state index contributed by atoms with van der Waals surface area (Å²) in [5.41, 5.74) is 2.07. The van der Waals surface area contributed by atoms with E-state index in [0.29, 0.717) is 11.3 Å². The van der Waals surface area contributed by atoms with E-state index in [2.05, 4.69) is 15.0 Å². The highest BCUT2D eigenvalue weighted by molar-refractivity contribution is 5.85. The van der Waals surface area contributed by atoms with Gasteiger partial charge in [-0.25, -0.2) is 4.79 Å². The summed E-state index contributed by atoms with van der Waals surface area (Å²) < 4.78 is 10.1. The topological polar surface area (TPSA) is 104 Å². The van der Waals surface area contributed by atoms with Crippen molar-refractivity contribution in [3.63, 3.8) is 0 Å². The zero-order valence-corrected chi connectivity index (χ0v) is 12.6. The SMILES string of the molecule is COC(=O)Nc1cccc(C)c1COc1cccnc1[N+](=O)[O-]. The minimum atomic E-state index is -0.610. The summed E-state index contributed by atoms with van der Waals surface area (Å²) in [6.07, 6.45) is 0.715. The van der Waals surface area contributed by atoms with Gasteiger partial charge in [-0.2, -0.15) is 0 Å². The quantitative estimate of drug-likeness (QED) is 0.671. The van der Waals surface area contributed by atoms with Crippen LogP contribution in [0.4, 0.5) is 16.3 Å². The number of pyridine rings is 1. The predicted octanol–water partition coefficient (Wildman–Crippen LogP) is 3.06. The molecule has 2 aromatic rings. The van der Waals surface area contributed by atoms with Crippen LogP contribution in [0.5, 0.6) is 5.75 Å². The number of nitrogens with zero attached hydrogens (tertiary/aromatic N) is 2. The molecule has 2 rings (SSSR count). The molecule has 0 fully saturated rings. The summed E-state index contributed by atoms with van der Waals surface area (Å²) in [7, 11) is 1.26. The minimum absolute atomic E-state index is 0.0402. The minimum Gasteiger partial charge on any atom is -0.481 e. The Morgan fingerprint density at radius 2 is 2.13 bits per heavy atom. The lowest BCUT2D eigenvalue weighted by molar-refractivity contribution is -0.390. The summed E-state index contributed by atoms with van der Waals surface area (Å²) in [6, 6.07) is 8.33. The number of rotatable bonds is 5. The number of ether oxygens (including phenoxy) is 2. The molecule has 1 heterocycles. The van der Waals surface area contributed by atoms with Crippen molar-refractivity contribution in [1.82, 2.24) is 4.98 Å². The van der Waals surface area contributed by atoms with Gasteiger partial charge in [0.25, 0.3) is 0 Å². The molecule has 1 aromatic carbocycles. The number of hydrogen-bond acceptors (Lipinski definition) is 6. The highest BCUT2D eigenvalue weighted by atomic mass is 16.6. The third-order valence-electron chi connectivity index (χ3n) is 3.13. The lowest BCUT2D eigenvalue weighted by Crippen LogP contribution is -2.14. The smallest absolute Gasteiger partial charge is 0.411 e. The molecule has 8 nitrogen and oxygen atoms in total. The van der Waals surface area contributed by atoms with Gasteiger partial charge in [0.15, 0.2) is 0 Å².